The number of carbonyl (C=O) groups is 2. The summed E-state index contributed by atoms with van der Waals surface area (Å²) in [5.74, 6) is -0.415. The average Bonchev–Trinajstić information content (AvgIpc) is 2.83. The number of nitrogens with zero attached hydrogens (tertiary/aromatic N) is 4. The molecule has 0 fully saturated rings. The van der Waals surface area contributed by atoms with Gasteiger partial charge in [-0.3, -0.25) is 9.59 Å². The van der Waals surface area contributed by atoms with Crippen molar-refractivity contribution in [2.75, 3.05) is 13.1 Å². The Balaban J connectivity index is 2.59. The smallest absolute Gasteiger partial charge is 0.244 e. The van der Waals surface area contributed by atoms with Gasteiger partial charge < -0.3 is 15.3 Å². The lowest BCUT2D eigenvalue weighted by atomic mass is 10.3. The van der Waals surface area contributed by atoms with Crippen LogP contribution in [0.3, 0.4) is 0 Å². The van der Waals surface area contributed by atoms with E-state index in [1.807, 2.05) is 20.8 Å². The lowest BCUT2D eigenvalue weighted by Crippen LogP contribution is -2.43. The standard InChI is InChI=1S/C13H23N5O3/c1-5-17(7-12(20)14-9(2)3)13(21)8-18-6-11(10(4)19)15-16-18/h6,9-10,19H,5,7-8H2,1-4H3,(H,14,20). The van der Waals surface area contributed by atoms with E-state index in [0.717, 1.165) is 0 Å². The monoisotopic (exact) mass is 297 g/mol. The van der Waals surface area contributed by atoms with E-state index < -0.39 is 6.10 Å². The molecule has 0 aromatic carbocycles. The molecule has 0 bridgehead atoms. The molecule has 0 saturated carbocycles. The van der Waals surface area contributed by atoms with Gasteiger partial charge in [0.05, 0.1) is 18.8 Å². The van der Waals surface area contributed by atoms with E-state index in [1.165, 1.54) is 15.8 Å². The van der Waals surface area contributed by atoms with Gasteiger partial charge >= 0.3 is 0 Å². The van der Waals surface area contributed by atoms with Gasteiger partial charge in [0.2, 0.25) is 11.8 Å². The predicted molar refractivity (Wildman–Crippen MR) is 76.2 cm³/mol. The molecule has 1 unspecified atom stereocenters. The molecule has 0 aliphatic rings. The first kappa shape index (κ1) is 17.1. The second-order valence-corrected chi connectivity index (χ2v) is 5.15. The van der Waals surface area contributed by atoms with Crippen molar-refractivity contribution in [1.29, 1.82) is 0 Å². The molecule has 2 N–H and O–H groups in total. The van der Waals surface area contributed by atoms with Crippen molar-refractivity contribution in [2.24, 2.45) is 0 Å². The maximum Gasteiger partial charge on any atom is 0.244 e. The fourth-order valence-electron chi connectivity index (χ4n) is 1.74. The first-order chi connectivity index (χ1) is 9.83. The molecular weight excluding hydrogens is 274 g/mol. The third-order valence-corrected chi connectivity index (χ3v) is 2.80. The number of aromatic nitrogens is 3. The summed E-state index contributed by atoms with van der Waals surface area (Å²) in [6.45, 7) is 7.55. The van der Waals surface area contributed by atoms with Crippen molar-refractivity contribution >= 4 is 11.8 Å². The van der Waals surface area contributed by atoms with Crippen molar-refractivity contribution in [1.82, 2.24) is 25.2 Å². The fourth-order valence-corrected chi connectivity index (χ4v) is 1.74. The van der Waals surface area contributed by atoms with Crippen LogP contribution < -0.4 is 5.32 Å². The number of aliphatic hydroxyl groups is 1. The molecule has 0 radical (unpaired) electrons. The second kappa shape index (κ2) is 7.72. The summed E-state index contributed by atoms with van der Waals surface area (Å²) in [5, 5.41) is 19.7. The summed E-state index contributed by atoms with van der Waals surface area (Å²) < 4.78 is 1.35. The van der Waals surface area contributed by atoms with Crippen molar-refractivity contribution in [2.45, 2.75) is 46.4 Å². The zero-order chi connectivity index (χ0) is 16.0. The summed E-state index contributed by atoms with van der Waals surface area (Å²) in [7, 11) is 0. The highest BCUT2D eigenvalue weighted by Crippen LogP contribution is 2.06. The first-order valence-electron chi connectivity index (χ1n) is 6.98. The Labute approximate surface area is 124 Å². The van der Waals surface area contributed by atoms with Crippen molar-refractivity contribution in [3.05, 3.63) is 11.9 Å². The van der Waals surface area contributed by atoms with Crippen LogP contribution in [-0.4, -0.2) is 55.9 Å². The molecule has 0 aliphatic heterocycles. The molecular formula is C13H23N5O3. The van der Waals surface area contributed by atoms with Gasteiger partial charge in [0.1, 0.15) is 12.2 Å². The first-order valence-corrected chi connectivity index (χ1v) is 6.98. The highest BCUT2D eigenvalue weighted by atomic mass is 16.3. The Morgan fingerprint density at radius 2 is 2.10 bits per heavy atom. The van der Waals surface area contributed by atoms with Crippen LogP contribution in [-0.2, 0) is 16.1 Å². The van der Waals surface area contributed by atoms with E-state index in [4.69, 9.17) is 0 Å². The minimum atomic E-state index is -0.729. The Morgan fingerprint density at radius 1 is 1.43 bits per heavy atom. The average molecular weight is 297 g/mol. The maximum atomic E-state index is 12.1. The number of nitrogens with one attached hydrogen (secondary N) is 1. The number of likely N-dealkylation sites (N-methyl/N-ethyl adjacent to an activating group) is 1. The summed E-state index contributed by atoms with van der Waals surface area (Å²) >= 11 is 0. The molecule has 1 aromatic rings. The minimum absolute atomic E-state index is 0.0114. The molecule has 8 nitrogen and oxygen atoms in total. The maximum absolute atomic E-state index is 12.1. The van der Waals surface area contributed by atoms with E-state index in [9.17, 15) is 14.7 Å². The summed E-state index contributed by atoms with van der Waals surface area (Å²) in [4.78, 5) is 25.3. The van der Waals surface area contributed by atoms with E-state index in [-0.39, 0.29) is 30.9 Å². The Bertz CT molecular complexity index is 484. The predicted octanol–water partition coefficient (Wildman–Crippen LogP) is -0.295. The van der Waals surface area contributed by atoms with Gasteiger partial charge in [0, 0.05) is 12.6 Å². The van der Waals surface area contributed by atoms with Crippen molar-refractivity contribution in [3.63, 3.8) is 0 Å². The highest BCUT2D eigenvalue weighted by Gasteiger charge is 2.17. The van der Waals surface area contributed by atoms with E-state index in [2.05, 4.69) is 15.6 Å². The summed E-state index contributed by atoms with van der Waals surface area (Å²) in [6.07, 6.45) is 0.790. The molecule has 0 saturated heterocycles. The lowest BCUT2D eigenvalue weighted by molar-refractivity contribution is -0.136. The van der Waals surface area contributed by atoms with Gasteiger partial charge in [-0.15, -0.1) is 5.10 Å². The van der Waals surface area contributed by atoms with Gasteiger partial charge in [-0.2, -0.15) is 0 Å². The molecule has 118 valence electrons. The zero-order valence-corrected chi connectivity index (χ0v) is 12.9. The third kappa shape index (κ3) is 5.50. The molecule has 1 atom stereocenters. The van der Waals surface area contributed by atoms with Crippen LogP contribution >= 0.6 is 0 Å². The lowest BCUT2D eigenvalue weighted by Gasteiger charge is -2.21. The van der Waals surface area contributed by atoms with Crippen LogP contribution in [0.15, 0.2) is 6.20 Å². The van der Waals surface area contributed by atoms with Crippen LogP contribution in [0, 0.1) is 0 Å². The van der Waals surface area contributed by atoms with Crippen molar-refractivity contribution in [3.8, 4) is 0 Å². The SMILES string of the molecule is CCN(CC(=O)NC(C)C)C(=O)Cn1cc(C(C)O)nn1. The van der Waals surface area contributed by atoms with Crippen LogP contribution in [0.5, 0.6) is 0 Å². The van der Waals surface area contributed by atoms with Gasteiger partial charge in [0.15, 0.2) is 0 Å². The van der Waals surface area contributed by atoms with Gasteiger partial charge in [-0.1, -0.05) is 5.21 Å². The number of hydrogen-bond acceptors (Lipinski definition) is 5. The zero-order valence-electron chi connectivity index (χ0n) is 12.9. The second-order valence-electron chi connectivity index (χ2n) is 5.15. The molecule has 0 spiro atoms. The Morgan fingerprint density at radius 3 is 2.57 bits per heavy atom. The van der Waals surface area contributed by atoms with Gasteiger partial charge in [0.25, 0.3) is 0 Å². The quantitative estimate of drug-likeness (QED) is 0.720. The van der Waals surface area contributed by atoms with E-state index >= 15 is 0 Å². The van der Waals surface area contributed by atoms with Crippen molar-refractivity contribution < 1.29 is 14.7 Å². The van der Waals surface area contributed by atoms with Crippen LogP contribution in [0.4, 0.5) is 0 Å². The largest absolute Gasteiger partial charge is 0.387 e. The Hall–Kier alpha value is -1.96. The van der Waals surface area contributed by atoms with Crippen LogP contribution in [0.1, 0.15) is 39.5 Å². The van der Waals surface area contributed by atoms with Gasteiger partial charge in [-0.05, 0) is 27.7 Å². The number of aliphatic hydroxyl groups excluding tert-OH is 1. The van der Waals surface area contributed by atoms with Crippen LogP contribution in [0.25, 0.3) is 0 Å². The van der Waals surface area contributed by atoms with E-state index in [0.29, 0.717) is 12.2 Å². The highest BCUT2D eigenvalue weighted by molar-refractivity contribution is 5.84. The molecule has 21 heavy (non-hydrogen) atoms. The van der Waals surface area contributed by atoms with Crippen LogP contribution in [0.2, 0.25) is 0 Å². The molecule has 1 aromatic heterocycles. The minimum Gasteiger partial charge on any atom is -0.387 e. The summed E-state index contributed by atoms with van der Waals surface area (Å²) in [6, 6.07) is 0.0372. The molecule has 2 amide bonds. The molecule has 1 heterocycles. The fraction of sp³-hybridized carbons (Fsp3) is 0.692. The van der Waals surface area contributed by atoms with Gasteiger partial charge in [-0.25, -0.2) is 4.68 Å². The van der Waals surface area contributed by atoms with E-state index in [1.54, 1.807) is 6.92 Å². The number of hydrogen-bond donors (Lipinski definition) is 2. The number of carbonyl (C=O) groups excluding carboxylic acids is 2. The topological polar surface area (TPSA) is 100 Å². The summed E-state index contributed by atoms with van der Waals surface area (Å²) in [5.41, 5.74) is 0.406. The number of rotatable bonds is 7. The number of amides is 2. The molecule has 1 rings (SSSR count). The molecule has 0 aliphatic carbocycles. The molecule has 8 heteroatoms. The third-order valence-electron chi connectivity index (χ3n) is 2.80. The normalized spacial score (nSPS) is 12.3. The Kier molecular flexibility index (Phi) is 6.29.